The fraction of sp³-hybridized carbons (Fsp3) is 0.364. The maximum absolute atomic E-state index is 9.80. The molecule has 0 heterocycles. The summed E-state index contributed by atoms with van der Waals surface area (Å²) >= 11 is 4.38. The summed E-state index contributed by atoms with van der Waals surface area (Å²) in [6, 6.07) is 3.91. The molecular formula is C11H11I2NO. The van der Waals surface area contributed by atoms with Gasteiger partial charge in [-0.3, -0.25) is 4.99 Å². The van der Waals surface area contributed by atoms with Gasteiger partial charge >= 0.3 is 0 Å². The van der Waals surface area contributed by atoms with Gasteiger partial charge in [-0.2, -0.15) is 0 Å². The zero-order valence-corrected chi connectivity index (χ0v) is 12.4. The highest BCUT2D eigenvalue weighted by Gasteiger charge is 2.19. The molecule has 1 aromatic rings. The van der Waals surface area contributed by atoms with Crippen molar-refractivity contribution in [1.82, 2.24) is 0 Å². The van der Waals surface area contributed by atoms with Crippen LogP contribution < -0.4 is 0 Å². The molecule has 1 N–H and O–H groups in total. The van der Waals surface area contributed by atoms with E-state index in [0.29, 0.717) is 5.75 Å². The summed E-state index contributed by atoms with van der Waals surface area (Å²) in [6.07, 6.45) is 4.42. The number of aromatic hydroxyl groups is 1. The first-order valence-electron chi connectivity index (χ1n) is 4.84. The van der Waals surface area contributed by atoms with E-state index in [9.17, 15) is 5.11 Å². The van der Waals surface area contributed by atoms with E-state index in [0.717, 1.165) is 25.2 Å². The molecule has 0 amide bonds. The Morgan fingerprint density at radius 2 is 2.13 bits per heavy atom. The summed E-state index contributed by atoms with van der Waals surface area (Å²) in [5, 5.41) is 9.80. The van der Waals surface area contributed by atoms with Crippen molar-refractivity contribution in [2.75, 3.05) is 6.54 Å². The minimum absolute atomic E-state index is 0.343. The van der Waals surface area contributed by atoms with Crippen LogP contribution in [-0.2, 0) is 0 Å². The minimum atomic E-state index is 0.343. The highest BCUT2D eigenvalue weighted by molar-refractivity contribution is 14.1. The van der Waals surface area contributed by atoms with Crippen LogP contribution in [0.1, 0.15) is 18.4 Å². The lowest BCUT2D eigenvalue weighted by molar-refractivity contribution is 0.470. The number of hydrogen-bond donors (Lipinski definition) is 1. The van der Waals surface area contributed by atoms with Gasteiger partial charge in [0.2, 0.25) is 0 Å². The molecule has 0 saturated heterocycles. The Labute approximate surface area is 116 Å². The molecule has 0 aliphatic heterocycles. The van der Waals surface area contributed by atoms with Gasteiger partial charge in [0.25, 0.3) is 0 Å². The van der Waals surface area contributed by atoms with Crippen LogP contribution in [-0.4, -0.2) is 17.9 Å². The van der Waals surface area contributed by atoms with Crippen LogP contribution in [0.15, 0.2) is 17.1 Å². The number of rotatable bonds is 3. The third kappa shape index (κ3) is 3.30. The number of hydrogen-bond acceptors (Lipinski definition) is 2. The molecule has 1 aromatic carbocycles. The van der Waals surface area contributed by atoms with Gasteiger partial charge in [-0.15, -0.1) is 0 Å². The van der Waals surface area contributed by atoms with E-state index in [1.807, 2.05) is 12.1 Å². The predicted octanol–water partition coefficient (Wildman–Crippen LogP) is 3.43. The molecule has 2 nitrogen and oxygen atoms in total. The molecule has 1 saturated carbocycles. The Morgan fingerprint density at radius 3 is 2.80 bits per heavy atom. The number of aliphatic imine (C=N–C) groups is 1. The Bertz CT molecular complexity index is 400. The second kappa shape index (κ2) is 4.99. The van der Waals surface area contributed by atoms with Crippen LogP contribution in [0.5, 0.6) is 5.75 Å². The van der Waals surface area contributed by atoms with Crippen LogP contribution in [0.25, 0.3) is 0 Å². The predicted molar refractivity (Wildman–Crippen MR) is 78.7 cm³/mol. The molecule has 4 heteroatoms. The third-order valence-electron chi connectivity index (χ3n) is 2.35. The van der Waals surface area contributed by atoms with Gasteiger partial charge in [0.05, 0.1) is 3.57 Å². The largest absolute Gasteiger partial charge is 0.506 e. The average Bonchev–Trinajstić information content (AvgIpc) is 2.97. The standard InChI is InChI=1S/C11H11I2NO/c12-9-3-8(11(15)10(13)4-9)6-14-5-7-1-2-7/h3-4,6-7,15H,1-2,5H2/b14-6+. The first-order valence-corrected chi connectivity index (χ1v) is 7.00. The van der Waals surface area contributed by atoms with Gasteiger partial charge in [0, 0.05) is 21.9 Å². The lowest BCUT2D eigenvalue weighted by Crippen LogP contribution is -1.90. The molecule has 0 aromatic heterocycles. The molecule has 80 valence electrons. The van der Waals surface area contributed by atoms with Crippen molar-refractivity contribution in [3.63, 3.8) is 0 Å². The van der Waals surface area contributed by atoms with Gasteiger partial charge in [0.15, 0.2) is 0 Å². The molecule has 0 bridgehead atoms. The lowest BCUT2D eigenvalue weighted by atomic mass is 10.2. The van der Waals surface area contributed by atoms with Crippen molar-refractivity contribution in [1.29, 1.82) is 0 Å². The monoisotopic (exact) mass is 427 g/mol. The first-order chi connectivity index (χ1) is 7.16. The smallest absolute Gasteiger partial charge is 0.137 e. The molecule has 1 aliphatic rings. The quantitative estimate of drug-likeness (QED) is 0.583. The molecule has 0 atom stereocenters. The fourth-order valence-corrected chi connectivity index (χ4v) is 3.17. The topological polar surface area (TPSA) is 32.6 Å². The zero-order chi connectivity index (χ0) is 10.8. The summed E-state index contributed by atoms with van der Waals surface area (Å²) in [7, 11) is 0. The summed E-state index contributed by atoms with van der Waals surface area (Å²) < 4.78 is 2.01. The molecule has 0 radical (unpaired) electrons. The molecule has 0 unspecified atom stereocenters. The fourth-order valence-electron chi connectivity index (χ4n) is 1.28. The van der Waals surface area contributed by atoms with Gasteiger partial charge in [-0.25, -0.2) is 0 Å². The van der Waals surface area contributed by atoms with Gasteiger partial charge in [0.1, 0.15) is 5.75 Å². The average molecular weight is 427 g/mol. The van der Waals surface area contributed by atoms with E-state index in [-0.39, 0.29) is 0 Å². The van der Waals surface area contributed by atoms with E-state index in [2.05, 4.69) is 50.2 Å². The van der Waals surface area contributed by atoms with E-state index in [1.165, 1.54) is 12.8 Å². The number of phenols is 1. The SMILES string of the molecule is Oc1c(I)cc(I)cc1/C=N/CC1CC1. The highest BCUT2D eigenvalue weighted by Crippen LogP contribution is 2.29. The van der Waals surface area contributed by atoms with Crippen molar-refractivity contribution >= 4 is 51.4 Å². The van der Waals surface area contributed by atoms with Gasteiger partial charge in [-0.1, -0.05) is 0 Å². The van der Waals surface area contributed by atoms with Crippen molar-refractivity contribution in [2.24, 2.45) is 10.9 Å². The third-order valence-corrected chi connectivity index (χ3v) is 3.79. The van der Waals surface area contributed by atoms with Gasteiger partial charge < -0.3 is 5.11 Å². The van der Waals surface area contributed by atoms with Crippen LogP contribution in [0.4, 0.5) is 0 Å². The Hall–Kier alpha value is 0.150. The lowest BCUT2D eigenvalue weighted by Gasteiger charge is -2.02. The Kier molecular flexibility index (Phi) is 3.87. The van der Waals surface area contributed by atoms with Crippen molar-refractivity contribution in [3.05, 3.63) is 24.8 Å². The summed E-state index contributed by atoms with van der Waals surface area (Å²) in [5.74, 6) is 1.14. The number of phenolic OH excluding ortho intramolecular Hbond substituents is 1. The van der Waals surface area contributed by atoms with Crippen molar-refractivity contribution in [2.45, 2.75) is 12.8 Å². The molecule has 0 spiro atoms. The summed E-state index contributed by atoms with van der Waals surface area (Å²) in [6.45, 7) is 0.904. The Balaban J connectivity index is 2.14. The maximum Gasteiger partial charge on any atom is 0.137 e. The summed E-state index contributed by atoms with van der Waals surface area (Å²) in [5.41, 5.74) is 0.826. The van der Waals surface area contributed by atoms with E-state index in [4.69, 9.17) is 0 Å². The molecule has 1 fully saturated rings. The van der Waals surface area contributed by atoms with Crippen LogP contribution in [0.3, 0.4) is 0 Å². The van der Waals surface area contributed by atoms with Crippen LogP contribution in [0.2, 0.25) is 0 Å². The van der Waals surface area contributed by atoms with E-state index < -0.39 is 0 Å². The number of nitrogens with zero attached hydrogens (tertiary/aromatic N) is 1. The molecule has 2 rings (SSSR count). The van der Waals surface area contributed by atoms with E-state index >= 15 is 0 Å². The van der Waals surface area contributed by atoms with Crippen LogP contribution in [0, 0.1) is 13.1 Å². The van der Waals surface area contributed by atoms with Crippen molar-refractivity contribution < 1.29 is 5.11 Å². The maximum atomic E-state index is 9.80. The van der Waals surface area contributed by atoms with Crippen LogP contribution >= 0.6 is 45.2 Å². The second-order valence-electron chi connectivity index (χ2n) is 3.76. The first kappa shape index (κ1) is 11.6. The zero-order valence-electron chi connectivity index (χ0n) is 8.08. The second-order valence-corrected chi connectivity index (χ2v) is 6.17. The van der Waals surface area contributed by atoms with Crippen molar-refractivity contribution in [3.8, 4) is 5.75 Å². The number of benzene rings is 1. The molecule has 15 heavy (non-hydrogen) atoms. The number of halogens is 2. The normalized spacial score (nSPS) is 16.1. The summed E-state index contributed by atoms with van der Waals surface area (Å²) in [4.78, 5) is 4.36. The minimum Gasteiger partial charge on any atom is -0.506 e. The van der Waals surface area contributed by atoms with Gasteiger partial charge in [-0.05, 0) is 76.1 Å². The highest BCUT2D eigenvalue weighted by atomic mass is 127. The molecule has 1 aliphatic carbocycles. The Morgan fingerprint density at radius 1 is 1.40 bits per heavy atom. The molecular weight excluding hydrogens is 416 g/mol. The van der Waals surface area contributed by atoms with E-state index in [1.54, 1.807) is 6.21 Å².